The molecule has 0 aliphatic rings. The van der Waals surface area contributed by atoms with Crippen LogP contribution < -0.4 is 0 Å². The molecule has 20 heavy (non-hydrogen) atoms. The Bertz CT molecular complexity index is 573. The Labute approximate surface area is 121 Å². The molecule has 2 heterocycles. The minimum atomic E-state index is -0.243. The zero-order valence-corrected chi connectivity index (χ0v) is 12.4. The maximum Gasteiger partial charge on any atom is 0.249 e. The Balaban J connectivity index is 1.91. The fourth-order valence-electron chi connectivity index (χ4n) is 1.53. The van der Waals surface area contributed by atoms with Gasteiger partial charge in [0.2, 0.25) is 11.8 Å². The van der Waals surface area contributed by atoms with Crippen LogP contribution in [0.3, 0.4) is 0 Å². The third kappa shape index (κ3) is 3.57. The number of aromatic nitrogens is 3. The molecule has 0 N–H and O–H groups in total. The minimum Gasteiger partial charge on any atom is -0.337 e. The molecule has 0 bridgehead atoms. The largest absolute Gasteiger partial charge is 0.337 e. The van der Waals surface area contributed by atoms with Gasteiger partial charge in [0, 0.05) is 13.2 Å². The molecule has 2 rings (SSSR count). The summed E-state index contributed by atoms with van der Waals surface area (Å²) in [6.45, 7) is 3.61. The van der Waals surface area contributed by atoms with Crippen LogP contribution in [0.1, 0.15) is 24.7 Å². The van der Waals surface area contributed by atoms with E-state index in [2.05, 4.69) is 15.1 Å². The average Bonchev–Trinajstić information content (AvgIpc) is 2.91. The summed E-state index contributed by atoms with van der Waals surface area (Å²) in [5, 5.41) is 4.56. The first-order chi connectivity index (χ1) is 9.58. The van der Waals surface area contributed by atoms with Gasteiger partial charge in [0.05, 0.1) is 10.8 Å². The highest BCUT2D eigenvalue weighted by atomic mass is 32.2. The predicted molar refractivity (Wildman–Crippen MR) is 75.2 cm³/mol. The zero-order valence-electron chi connectivity index (χ0n) is 11.6. The quantitative estimate of drug-likeness (QED) is 0.786. The van der Waals surface area contributed by atoms with Crippen molar-refractivity contribution in [3.63, 3.8) is 0 Å². The third-order valence-electron chi connectivity index (χ3n) is 2.86. The van der Waals surface area contributed by atoms with Crippen molar-refractivity contribution in [3.8, 4) is 0 Å². The summed E-state index contributed by atoms with van der Waals surface area (Å²) in [7, 11) is 1.73. The van der Waals surface area contributed by atoms with Gasteiger partial charge in [-0.1, -0.05) is 23.0 Å². The fraction of sp³-hybridized carbons (Fsp3) is 0.385. The van der Waals surface area contributed by atoms with Crippen LogP contribution in [-0.2, 0) is 4.79 Å². The van der Waals surface area contributed by atoms with Crippen molar-refractivity contribution in [2.75, 3.05) is 12.8 Å². The molecule has 0 aliphatic carbocycles. The number of carbonyl (C=O) groups excluding carboxylic acids is 1. The summed E-state index contributed by atoms with van der Waals surface area (Å²) in [4.78, 5) is 22.0. The van der Waals surface area contributed by atoms with Crippen LogP contribution in [0.15, 0.2) is 33.9 Å². The van der Waals surface area contributed by atoms with Gasteiger partial charge >= 0.3 is 0 Å². The van der Waals surface area contributed by atoms with E-state index in [1.165, 1.54) is 11.8 Å². The summed E-state index contributed by atoms with van der Waals surface area (Å²) in [5.74, 6) is 1.33. The Morgan fingerprint density at radius 3 is 2.90 bits per heavy atom. The van der Waals surface area contributed by atoms with E-state index in [0.29, 0.717) is 17.5 Å². The van der Waals surface area contributed by atoms with Crippen molar-refractivity contribution in [2.24, 2.45) is 0 Å². The highest BCUT2D eigenvalue weighted by molar-refractivity contribution is 7.99. The van der Waals surface area contributed by atoms with Gasteiger partial charge in [-0.05, 0) is 26.0 Å². The lowest BCUT2D eigenvalue weighted by molar-refractivity contribution is -0.129. The van der Waals surface area contributed by atoms with Crippen LogP contribution in [0.2, 0.25) is 0 Å². The van der Waals surface area contributed by atoms with E-state index in [4.69, 9.17) is 4.52 Å². The lowest BCUT2D eigenvalue weighted by Gasteiger charge is -2.21. The van der Waals surface area contributed by atoms with Gasteiger partial charge in [0.15, 0.2) is 5.82 Å². The van der Waals surface area contributed by atoms with Gasteiger partial charge in [-0.15, -0.1) is 0 Å². The van der Waals surface area contributed by atoms with E-state index >= 15 is 0 Å². The zero-order chi connectivity index (χ0) is 14.5. The number of rotatable bonds is 5. The number of nitrogens with zero attached hydrogens (tertiary/aromatic N) is 4. The monoisotopic (exact) mass is 292 g/mol. The lowest BCUT2D eigenvalue weighted by Crippen LogP contribution is -2.31. The smallest absolute Gasteiger partial charge is 0.249 e. The first-order valence-corrected chi connectivity index (χ1v) is 7.16. The van der Waals surface area contributed by atoms with Crippen LogP contribution >= 0.6 is 11.8 Å². The number of amides is 1. The highest BCUT2D eigenvalue weighted by Crippen LogP contribution is 2.20. The molecule has 1 amide bonds. The SMILES string of the molecule is Cc1noc(C(C)N(C)C(=O)CSc2ccccn2)n1. The van der Waals surface area contributed by atoms with Gasteiger partial charge in [0.1, 0.15) is 6.04 Å². The van der Waals surface area contributed by atoms with Crippen molar-refractivity contribution in [1.29, 1.82) is 0 Å². The number of hydrogen-bond donors (Lipinski definition) is 0. The second kappa shape index (κ2) is 6.51. The van der Waals surface area contributed by atoms with Gasteiger partial charge < -0.3 is 9.42 Å². The van der Waals surface area contributed by atoms with Gasteiger partial charge in [-0.2, -0.15) is 4.98 Å². The lowest BCUT2D eigenvalue weighted by atomic mass is 10.3. The number of thioether (sulfide) groups is 1. The number of carbonyl (C=O) groups is 1. The maximum atomic E-state index is 12.1. The summed E-state index contributed by atoms with van der Waals surface area (Å²) >= 11 is 1.41. The molecular formula is C13H16N4O2S. The molecule has 2 aromatic heterocycles. The molecule has 2 aromatic rings. The summed E-state index contributed by atoms with van der Waals surface area (Å²) in [6.07, 6.45) is 1.71. The van der Waals surface area contributed by atoms with Gasteiger partial charge in [0.25, 0.3) is 0 Å². The molecule has 0 saturated carbocycles. The molecule has 0 aliphatic heterocycles. The molecule has 0 saturated heterocycles. The summed E-state index contributed by atoms with van der Waals surface area (Å²) in [6, 6.07) is 5.38. The van der Waals surface area contributed by atoms with Crippen LogP contribution in [0, 0.1) is 6.92 Å². The van der Waals surface area contributed by atoms with Crippen LogP contribution in [0.25, 0.3) is 0 Å². The Morgan fingerprint density at radius 2 is 2.30 bits per heavy atom. The van der Waals surface area contributed by atoms with E-state index in [9.17, 15) is 4.79 Å². The Kier molecular flexibility index (Phi) is 4.73. The molecule has 6 nitrogen and oxygen atoms in total. The van der Waals surface area contributed by atoms with Crippen molar-refractivity contribution < 1.29 is 9.32 Å². The molecule has 1 unspecified atom stereocenters. The van der Waals surface area contributed by atoms with E-state index in [1.807, 2.05) is 25.1 Å². The number of hydrogen-bond acceptors (Lipinski definition) is 6. The molecule has 0 spiro atoms. The molecule has 1 atom stereocenters. The third-order valence-corrected chi connectivity index (χ3v) is 3.78. The first kappa shape index (κ1) is 14.5. The van der Waals surface area contributed by atoms with Crippen molar-refractivity contribution in [3.05, 3.63) is 36.1 Å². The molecule has 7 heteroatoms. The van der Waals surface area contributed by atoms with Crippen molar-refractivity contribution in [1.82, 2.24) is 20.0 Å². The van der Waals surface area contributed by atoms with E-state index in [0.717, 1.165) is 5.03 Å². The molecular weight excluding hydrogens is 276 g/mol. The second-order valence-corrected chi connectivity index (χ2v) is 5.31. The fourth-order valence-corrected chi connectivity index (χ4v) is 2.32. The van der Waals surface area contributed by atoms with Gasteiger partial charge in [-0.3, -0.25) is 4.79 Å². The number of pyridine rings is 1. The van der Waals surface area contributed by atoms with Gasteiger partial charge in [-0.25, -0.2) is 4.98 Å². The Morgan fingerprint density at radius 1 is 1.50 bits per heavy atom. The standard InChI is InChI=1S/C13H16N4O2S/c1-9(13-15-10(2)16-19-13)17(3)12(18)8-20-11-6-4-5-7-14-11/h4-7,9H,8H2,1-3H3. The molecule has 0 aromatic carbocycles. The molecule has 0 fully saturated rings. The number of aryl methyl sites for hydroxylation is 1. The van der Waals surface area contributed by atoms with Crippen LogP contribution in [-0.4, -0.2) is 38.7 Å². The summed E-state index contributed by atoms with van der Waals surface area (Å²) in [5.41, 5.74) is 0. The highest BCUT2D eigenvalue weighted by Gasteiger charge is 2.22. The Hall–Kier alpha value is -1.89. The average molecular weight is 292 g/mol. The van der Waals surface area contributed by atoms with E-state index in [-0.39, 0.29) is 11.9 Å². The van der Waals surface area contributed by atoms with Crippen LogP contribution in [0.5, 0.6) is 0 Å². The van der Waals surface area contributed by atoms with Crippen molar-refractivity contribution in [2.45, 2.75) is 24.9 Å². The van der Waals surface area contributed by atoms with Crippen molar-refractivity contribution >= 4 is 17.7 Å². The second-order valence-electron chi connectivity index (χ2n) is 4.32. The molecule has 106 valence electrons. The molecule has 0 radical (unpaired) electrons. The van der Waals surface area contributed by atoms with Crippen LogP contribution in [0.4, 0.5) is 0 Å². The maximum absolute atomic E-state index is 12.1. The summed E-state index contributed by atoms with van der Waals surface area (Å²) < 4.78 is 5.09. The van der Waals surface area contributed by atoms with E-state index in [1.54, 1.807) is 25.1 Å². The first-order valence-electron chi connectivity index (χ1n) is 6.17. The normalized spacial score (nSPS) is 12.2. The topological polar surface area (TPSA) is 72.1 Å². The van der Waals surface area contributed by atoms with E-state index < -0.39 is 0 Å². The minimum absolute atomic E-state index is 0.0102. The predicted octanol–water partition coefficient (Wildman–Crippen LogP) is 2.08.